The summed E-state index contributed by atoms with van der Waals surface area (Å²) >= 11 is 4.48. The zero-order valence-corrected chi connectivity index (χ0v) is 21.7. The fourth-order valence-electron chi connectivity index (χ4n) is 3.20. The molecule has 0 aliphatic rings. The van der Waals surface area contributed by atoms with Gasteiger partial charge in [0.25, 0.3) is 5.91 Å². The second kappa shape index (κ2) is 11.8. The topological polar surface area (TPSA) is 90.6 Å². The lowest BCUT2D eigenvalue weighted by Crippen LogP contribution is -2.20. The van der Waals surface area contributed by atoms with E-state index in [4.69, 9.17) is 9.47 Å². The molecule has 0 saturated heterocycles. The van der Waals surface area contributed by atoms with Crippen LogP contribution in [0.15, 0.2) is 81.5 Å². The van der Waals surface area contributed by atoms with Crippen molar-refractivity contribution in [2.24, 2.45) is 5.10 Å². The number of benzene rings is 3. The quantitative estimate of drug-likeness (QED) is 0.171. The van der Waals surface area contributed by atoms with Crippen molar-refractivity contribution in [3.05, 3.63) is 82.6 Å². The number of nitrogens with one attached hydrogen (secondary N) is 1. The van der Waals surface area contributed by atoms with E-state index in [1.807, 2.05) is 53.1 Å². The minimum absolute atomic E-state index is 0.0230. The van der Waals surface area contributed by atoms with Crippen LogP contribution in [-0.4, -0.2) is 46.9 Å². The van der Waals surface area contributed by atoms with E-state index in [0.717, 1.165) is 17.0 Å². The van der Waals surface area contributed by atoms with Gasteiger partial charge in [0.1, 0.15) is 17.3 Å². The first-order valence-corrected chi connectivity index (χ1v) is 12.4. The van der Waals surface area contributed by atoms with Crippen LogP contribution < -0.4 is 14.9 Å². The van der Waals surface area contributed by atoms with E-state index >= 15 is 0 Å². The Balaban J connectivity index is 1.53. The van der Waals surface area contributed by atoms with Crippen LogP contribution in [0.3, 0.4) is 0 Å². The van der Waals surface area contributed by atoms with Crippen LogP contribution in [0.25, 0.3) is 17.1 Å². The van der Waals surface area contributed by atoms with Gasteiger partial charge in [-0.3, -0.25) is 9.36 Å². The van der Waals surface area contributed by atoms with E-state index in [9.17, 15) is 9.18 Å². The number of nitrogens with zero attached hydrogens (tertiary/aromatic N) is 4. The van der Waals surface area contributed by atoms with Crippen LogP contribution in [-0.2, 0) is 4.79 Å². The number of hydrazone groups is 1. The molecule has 4 rings (SSSR count). The molecule has 0 unspecified atom stereocenters. The predicted octanol–water partition coefficient (Wildman–Crippen LogP) is 5.10. The molecule has 0 radical (unpaired) electrons. The van der Waals surface area contributed by atoms with Crippen LogP contribution >= 0.6 is 27.7 Å². The molecule has 0 saturated carbocycles. The number of methoxy groups -OCH3 is 2. The highest BCUT2D eigenvalue weighted by Crippen LogP contribution is 2.29. The molecular formula is C25H21BrFN5O3S. The Morgan fingerprint density at radius 2 is 1.72 bits per heavy atom. The van der Waals surface area contributed by atoms with Crippen molar-refractivity contribution in [1.82, 2.24) is 20.2 Å². The minimum Gasteiger partial charge on any atom is -0.497 e. The molecule has 0 bridgehead atoms. The summed E-state index contributed by atoms with van der Waals surface area (Å²) < 4.78 is 26.9. The minimum atomic E-state index is -0.441. The van der Waals surface area contributed by atoms with Crippen LogP contribution in [0, 0.1) is 5.82 Å². The molecular weight excluding hydrogens is 549 g/mol. The number of carbonyl (C=O) groups excluding carboxylic acids is 1. The molecule has 1 N–H and O–H groups in total. The zero-order chi connectivity index (χ0) is 25.5. The smallest absolute Gasteiger partial charge is 0.250 e. The molecule has 184 valence electrons. The SMILES string of the molecule is COc1ccc(-c2nnc(SCC(=O)N/N=C\c3cc(Br)ccc3F)n2-c2ccc(OC)cc2)cc1. The molecule has 8 nitrogen and oxygen atoms in total. The lowest BCUT2D eigenvalue weighted by Gasteiger charge is -2.11. The molecule has 1 amide bonds. The Labute approximate surface area is 219 Å². The van der Waals surface area contributed by atoms with Crippen molar-refractivity contribution < 1.29 is 18.7 Å². The second-order valence-corrected chi connectivity index (χ2v) is 9.17. The maximum Gasteiger partial charge on any atom is 0.250 e. The Bertz CT molecular complexity index is 1380. The van der Waals surface area contributed by atoms with Crippen LogP contribution in [0.4, 0.5) is 4.39 Å². The highest BCUT2D eigenvalue weighted by atomic mass is 79.9. The number of halogens is 2. The van der Waals surface area contributed by atoms with Crippen molar-refractivity contribution in [3.63, 3.8) is 0 Å². The van der Waals surface area contributed by atoms with Crippen molar-refractivity contribution >= 4 is 39.8 Å². The summed E-state index contributed by atoms with van der Waals surface area (Å²) in [6.45, 7) is 0. The largest absolute Gasteiger partial charge is 0.497 e. The van der Waals surface area contributed by atoms with E-state index < -0.39 is 5.82 Å². The van der Waals surface area contributed by atoms with Crippen LogP contribution in [0.5, 0.6) is 11.5 Å². The number of aromatic nitrogens is 3. The maximum absolute atomic E-state index is 13.8. The molecule has 3 aromatic carbocycles. The van der Waals surface area contributed by atoms with E-state index in [1.165, 1.54) is 24.0 Å². The predicted molar refractivity (Wildman–Crippen MR) is 140 cm³/mol. The molecule has 0 aliphatic carbocycles. The van der Waals surface area contributed by atoms with Crippen molar-refractivity contribution in [3.8, 4) is 28.6 Å². The highest BCUT2D eigenvalue weighted by Gasteiger charge is 2.17. The summed E-state index contributed by atoms with van der Waals surface area (Å²) in [5.41, 5.74) is 4.30. The van der Waals surface area contributed by atoms with Crippen molar-refractivity contribution in [1.29, 1.82) is 0 Å². The number of hydrogen-bond donors (Lipinski definition) is 1. The summed E-state index contributed by atoms with van der Waals surface area (Å²) in [7, 11) is 3.21. The zero-order valence-electron chi connectivity index (χ0n) is 19.3. The Morgan fingerprint density at radius 1 is 1.06 bits per heavy atom. The van der Waals surface area contributed by atoms with Gasteiger partial charge < -0.3 is 9.47 Å². The molecule has 1 heterocycles. The van der Waals surface area contributed by atoms with E-state index in [-0.39, 0.29) is 17.2 Å². The van der Waals surface area contributed by atoms with Crippen LogP contribution in [0.2, 0.25) is 0 Å². The molecule has 0 atom stereocenters. The number of hydrogen-bond acceptors (Lipinski definition) is 7. The van der Waals surface area contributed by atoms with Gasteiger partial charge >= 0.3 is 0 Å². The van der Waals surface area contributed by atoms with Crippen LogP contribution in [0.1, 0.15) is 5.56 Å². The standard InChI is InChI=1S/C25H21BrFN5O3S/c1-34-20-8-3-16(4-9-20)24-30-31-25(32(24)19-6-10-21(35-2)11-7-19)36-15-23(33)29-28-14-17-13-18(26)5-12-22(17)27/h3-14H,15H2,1-2H3,(H,29,33)/b28-14-. The van der Waals surface area contributed by atoms with Gasteiger partial charge in [-0.2, -0.15) is 5.10 Å². The monoisotopic (exact) mass is 569 g/mol. The average Bonchev–Trinajstić information content (AvgIpc) is 3.33. The number of rotatable bonds is 9. The maximum atomic E-state index is 13.8. The molecule has 0 aliphatic heterocycles. The fourth-order valence-corrected chi connectivity index (χ4v) is 4.33. The number of carbonyl (C=O) groups is 1. The van der Waals surface area contributed by atoms with Gasteiger partial charge in [0.15, 0.2) is 11.0 Å². The van der Waals surface area contributed by atoms with Gasteiger partial charge in [-0.05, 0) is 66.7 Å². The third kappa shape index (κ3) is 6.10. The normalized spacial score (nSPS) is 11.0. The lowest BCUT2D eigenvalue weighted by molar-refractivity contribution is -0.118. The summed E-state index contributed by atoms with van der Waals surface area (Å²) in [5, 5.41) is 13.1. The summed E-state index contributed by atoms with van der Waals surface area (Å²) in [6.07, 6.45) is 1.25. The first-order valence-electron chi connectivity index (χ1n) is 10.6. The third-order valence-corrected chi connectivity index (χ3v) is 6.42. The van der Waals surface area contributed by atoms with Gasteiger partial charge in [-0.25, -0.2) is 9.82 Å². The molecule has 11 heteroatoms. The molecule has 0 fully saturated rings. The lowest BCUT2D eigenvalue weighted by atomic mass is 10.2. The molecule has 4 aromatic rings. The molecule has 36 heavy (non-hydrogen) atoms. The van der Waals surface area contributed by atoms with Crippen molar-refractivity contribution in [2.75, 3.05) is 20.0 Å². The number of ether oxygens (including phenoxy) is 2. The number of amides is 1. The van der Waals surface area contributed by atoms with Gasteiger partial charge in [0.05, 0.1) is 26.2 Å². The fraction of sp³-hybridized carbons (Fsp3) is 0.120. The Hall–Kier alpha value is -3.70. The van der Waals surface area contributed by atoms with Gasteiger partial charge in [0.2, 0.25) is 0 Å². The van der Waals surface area contributed by atoms with Gasteiger partial charge in [0, 0.05) is 21.3 Å². The van der Waals surface area contributed by atoms with E-state index in [2.05, 4.69) is 36.7 Å². The average molecular weight is 570 g/mol. The Kier molecular flexibility index (Phi) is 8.34. The second-order valence-electron chi connectivity index (χ2n) is 7.32. The van der Waals surface area contributed by atoms with Gasteiger partial charge in [-0.15, -0.1) is 10.2 Å². The molecule has 0 spiro atoms. The highest BCUT2D eigenvalue weighted by molar-refractivity contribution is 9.10. The van der Waals surface area contributed by atoms with E-state index in [0.29, 0.717) is 21.2 Å². The number of thioether (sulfide) groups is 1. The summed E-state index contributed by atoms with van der Waals surface area (Å²) in [4.78, 5) is 12.4. The van der Waals surface area contributed by atoms with Gasteiger partial charge in [-0.1, -0.05) is 27.7 Å². The first kappa shape index (κ1) is 25.4. The third-order valence-electron chi connectivity index (χ3n) is 5.00. The summed E-state index contributed by atoms with van der Waals surface area (Å²) in [6, 6.07) is 19.4. The molecule has 1 aromatic heterocycles. The van der Waals surface area contributed by atoms with E-state index in [1.54, 1.807) is 26.4 Å². The summed E-state index contributed by atoms with van der Waals surface area (Å²) in [5.74, 6) is 1.25. The van der Waals surface area contributed by atoms with Crippen molar-refractivity contribution in [2.45, 2.75) is 5.16 Å². The Morgan fingerprint density at radius 3 is 2.39 bits per heavy atom. The first-order chi connectivity index (χ1) is 17.5.